The molecule has 26 heavy (non-hydrogen) atoms. The number of hydrogen-bond donors (Lipinski definition) is 1. The number of nitrogens with one attached hydrogen (secondary N) is 1. The Morgan fingerprint density at radius 2 is 2.12 bits per heavy atom. The van der Waals surface area contributed by atoms with Gasteiger partial charge in [-0.3, -0.25) is 10.1 Å². The SMILES string of the molecule is CCOCCCn1c(NC(=O)c2cc(F)cc(Br)c2)nc2ccccc21. The van der Waals surface area contributed by atoms with E-state index in [2.05, 4.69) is 26.2 Å². The maximum Gasteiger partial charge on any atom is 0.258 e. The van der Waals surface area contributed by atoms with Gasteiger partial charge in [0.2, 0.25) is 5.95 Å². The first-order chi connectivity index (χ1) is 12.6. The van der Waals surface area contributed by atoms with E-state index in [4.69, 9.17) is 4.74 Å². The van der Waals surface area contributed by atoms with Gasteiger partial charge in [-0.2, -0.15) is 0 Å². The Morgan fingerprint density at radius 1 is 1.31 bits per heavy atom. The molecule has 0 radical (unpaired) electrons. The molecule has 0 bridgehead atoms. The number of aryl methyl sites for hydroxylation is 1. The van der Waals surface area contributed by atoms with Crippen molar-refractivity contribution in [2.45, 2.75) is 19.9 Å². The van der Waals surface area contributed by atoms with E-state index in [9.17, 15) is 9.18 Å². The minimum atomic E-state index is -0.477. The molecular weight excluding hydrogens is 401 g/mol. The largest absolute Gasteiger partial charge is 0.382 e. The van der Waals surface area contributed by atoms with Crippen LogP contribution in [0.15, 0.2) is 46.9 Å². The molecule has 1 N–H and O–H groups in total. The molecule has 136 valence electrons. The highest BCUT2D eigenvalue weighted by atomic mass is 79.9. The van der Waals surface area contributed by atoms with Crippen LogP contribution in [0.25, 0.3) is 11.0 Å². The van der Waals surface area contributed by atoms with E-state index in [-0.39, 0.29) is 5.56 Å². The maximum atomic E-state index is 13.6. The van der Waals surface area contributed by atoms with Gasteiger partial charge in [-0.05, 0) is 43.7 Å². The lowest BCUT2D eigenvalue weighted by Crippen LogP contribution is -2.17. The number of amides is 1. The number of imidazole rings is 1. The van der Waals surface area contributed by atoms with Gasteiger partial charge in [0.1, 0.15) is 5.82 Å². The molecule has 0 saturated carbocycles. The number of nitrogens with zero attached hydrogens (tertiary/aromatic N) is 2. The van der Waals surface area contributed by atoms with Crippen LogP contribution >= 0.6 is 15.9 Å². The second-order valence-electron chi connectivity index (χ2n) is 5.74. The molecule has 0 saturated heterocycles. The second kappa shape index (κ2) is 8.42. The molecule has 0 fully saturated rings. The van der Waals surface area contributed by atoms with Crippen molar-refractivity contribution in [2.24, 2.45) is 0 Å². The molecule has 1 amide bonds. The zero-order valence-electron chi connectivity index (χ0n) is 14.3. The number of anilines is 1. The molecule has 5 nitrogen and oxygen atoms in total. The summed E-state index contributed by atoms with van der Waals surface area (Å²) in [6.07, 6.45) is 0.794. The fourth-order valence-electron chi connectivity index (χ4n) is 2.72. The minimum Gasteiger partial charge on any atom is -0.382 e. The van der Waals surface area contributed by atoms with Crippen molar-refractivity contribution in [3.63, 3.8) is 0 Å². The molecule has 1 aromatic heterocycles. The number of ether oxygens (including phenoxy) is 1. The van der Waals surface area contributed by atoms with Crippen LogP contribution in [0.2, 0.25) is 0 Å². The van der Waals surface area contributed by atoms with Gasteiger partial charge in [0.15, 0.2) is 0 Å². The molecule has 2 aromatic carbocycles. The van der Waals surface area contributed by atoms with Gasteiger partial charge in [-0.15, -0.1) is 0 Å². The number of benzene rings is 2. The summed E-state index contributed by atoms with van der Waals surface area (Å²) in [5, 5.41) is 2.80. The number of carbonyl (C=O) groups excluding carboxylic acids is 1. The monoisotopic (exact) mass is 419 g/mol. The predicted molar refractivity (Wildman–Crippen MR) is 103 cm³/mol. The molecule has 0 aliphatic rings. The smallest absolute Gasteiger partial charge is 0.258 e. The molecule has 3 aromatic rings. The highest BCUT2D eigenvalue weighted by molar-refractivity contribution is 9.10. The molecule has 7 heteroatoms. The van der Waals surface area contributed by atoms with Gasteiger partial charge >= 0.3 is 0 Å². The zero-order chi connectivity index (χ0) is 18.5. The molecule has 0 aliphatic carbocycles. The Balaban J connectivity index is 1.87. The first kappa shape index (κ1) is 18.5. The summed E-state index contributed by atoms with van der Waals surface area (Å²) >= 11 is 3.20. The van der Waals surface area contributed by atoms with Crippen LogP contribution < -0.4 is 5.32 Å². The van der Waals surface area contributed by atoms with E-state index in [1.165, 1.54) is 12.1 Å². The third-order valence-electron chi connectivity index (χ3n) is 3.88. The molecular formula is C19H19BrFN3O2. The fourth-order valence-corrected chi connectivity index (χ4v) is 3.19. The van der Waals surface area contributed by atoms with Gasteiger partial charge in [0, 0.05) is 29.8 Å². The minimum absolute atomic E-state index is 0.227. The number of fused-ring (bicyclic) bond motifs is 1. The summed E-state index contributed by atoms with van der Waals surface area (Å²) in [7, 11) is 0. The lowest BCUT2D eigenvalue weighted by molar-refractivity contribution is 0.102. The Morgan fingerprint density at radius 3 is 2.88 bits per heavy atom. The summed E-state index contributed by atoms with van der Waals surface area (Å²) in [6, 6.07) is 11.7. The van der Waals surface area contributed by atoms with Crippen molar-refractivity contribution in [1.29, 1.82) is 0 Å². The summed E-state index contributed by atoms with van der Waals surface area (Å²) in [5.74, 6) is -0.450. The maximum absolute atomic E-state index is 13.6. The molecule has 0 aliphatic heterocycles. The summed E-state index contributed by atoms with van der Waals surface area (Å²) in [6.45, 7) is 3.91. The lowest BCUT2D eigenvalue weighted by Gasteiger charge is -2.10. The normalized spacial score (nSPS) is 11.0. The first-order valence-electron chi connectivity index (χ1n) is 8.39. The quantitative estimate of drug-likeness (QED) is 0.568. The molecule has 1 heterocycles. The first-order valence-corrected chi connectivity index (χ1v) is 9.18. The Kier molecular flexibility index (Phi) is 6.00. The van der Waals surface area contributed by atoms with Crippen LogP contribution in [0, 0.1) is 5.82 Å². The van der Waals surface area contributed by atoms with E-state index < -0.39 is 11.7 Å². The molecule has 0 atom stereocenters. The summed E-state index contributed by atoms with van der Waals surface area (Å²) in [5.41, 5.74) is 1.95. The third kappa shape index (κ3) is 4.28. The number of carbonyl (C=O) groups is 1. The van der Waals surface area contributed by atoms with Gasteiger partial charge < -0.3 is 9.30 Å². The van der Waals surface area contributed by atoms with E-state index >= 15 is 0 Å². The number of hydrogen-bond acceptors (Lipinski definition) is 3. The fraction of sp³-hybridized carbons (Fsp3) is 0.263. The third-order valence-corrected chi connectivity index (χ3v) is 4.34. The lowest BCUT2D eigenvalue weighted by atomic mass is 10.2. The average Bonchev–Trinajstić information content (AvgIpc) is 2.95. The van der Waals surface area contributed by atoms with Crippen LogP contribution in [0.3, 0.4) is 0 Å². The standard InChI is InChI=1S/C19H19BrFN3O2/c1-2-26-9-5-8-24-17-7-4-3-6-16(17)22-19(24)23-18(25)13-10-14(20)12-15(21)11-13/h3-4,6-7,10-12H,2,5,8-9H2,1H3,(H,22,23,25). The Hall–Kier alpha value is -2.25. The van der Waals surface area contributed by atoms with E-state index in [1.54, 1.807) is 6.07 Å². The highest BCUT2D eigenvalue weighted by Gasteiger charge is 2.15. The van der Waals surface area contributed by atoms with Crippen LogP contribution in [0.1, 0.15) is 23.7 Å². The van der Waals surface area contributed by atoms with Crippen molar-refractivity contribution in [3.05, 3.63) is 58.3 Å². The van der Waals surface area contributed by atoms with Crippen molar-refractivity contribution in [3.8, 4) is 0 Å². The van der Waals surface area contributed by atoms with Crippen molar-refractivity contribution in [1.82, 2.24) is 9.55 Å². The Bertz CT molecular complexity index is 906. The zero-order valence-corrected chi connectivity index (χ0v) is 15.9. The summed E-state index contributed by atoms with van der Waals surface area (Å²) < 4.78 is 21.4. The molecule has 3 rings (SSSR count). The number of halogens is 2. The van der Waals surface area contributed by atoms with Gasteiger partial charge in [-0.25, -0.2) is 9.37 Å². The number of aromatic nitrogens is 2. The molecule has 0 spiro atoms. The van der Waals surface area contributed by atoms with Crippen molar-refractivity contribution in [2.75, 3.05) is 18.5 Å². The van der Waals surface area contributed by atoms with Crippen LogP contribution in [0.5, 0.6) is 0 Å². The average molecular weight is 420 g/mol. The number of rotatable bonds is 7. The van der Waals surface area contributed by atoms with Crippen molar-refractivity contribution >= 4 is 38.8 Å². The number of para-hydroxylation sites is 2. The van der Waals surface area contributed by atoms with E-state index in [0.717, 1.165) is 17.5 Å². The van der Waals surface area contributed by atoms with Gasteiger partial charge in [0.25, 0.3) is 5.91 Å². The van der Waals surface area contributed by atoms with E-state index in [0.29, 0.717) is 30.2 Å². The second-order valence-corrected chi connectivity index (χ2v) is 6.65. The van der Waals surface area contributed by atoms with E-state index in [1.807, 2.05) is 35.8 Å². The van der Waals surface area contributed by atoms with Crippen LogP contribution in [0.4, 0.5) is 10.3 Å². The van der Waals surface area contributed by atoms with Crippen LogP contribution in [-0.2, 0) is 11.3 Å². The summed E-state index contributed by atoms with van der Waals surface area (Å²) in [4.78, 5) is 17.1. The predicted octanol–water partition coefficient (Wildman–Crippen LogP) is 4.62. The van der Waals surface area contributed by atoms with Gasteiger partial charge in [-0.1, -0.05) is 28.1 Å². The van der Waals surface area contributed by atoms with Gasteiger partial charge in [0.05, 0.1) is 11.0 Å². The topological polar surface area (TPSA) is 56.1 Å². The molecule has 0 unspecified atom stereocenters. The van der Waals surface area contributed by atoms with Crippen LogP contribution in [-0.4, -0.2) is 28.7 Å². The van der Waals surface area contributed by atoms with Crippen molar-refractivity contribution < 1.29 is 13.9 Å². The highest BCUT2D eigenvalue weighted by Crippen LogP contribution is 2.21. The Labute approximate surface area is 159 Å².